The normalized spacial score (nSPS) is 18.9. The van der Waals surface area contributed by atoms with E-state index in [9.17, 15) is 4.79 Å². The number of carboxylic acids is 1. The molecular weight excluding hydrogens is 502 g/mol. The standard InChI is InChI=1S/C34H41NO5/c1-38-31-11-8-27(9-12-31)22-30-16-21-40-34(23-30)17-19-35(20-18-34)24-28-2-4-29(5-3-28)25-39-32-13-6-26(7-14-32)10-15-33(36)37/h2-9,11-14,30H,10,15-25H2,1H3,(H,36,37). The van der Waals surface area contributed by atoms with Crippen molar-refractivity contribution in [3.8, 4) is 11.5 Å². The first-order valence-electron chi connectivity index (χ1n) is 14.5. The molecule has 2 aliphatic heterocycles. The highest BCUT2D eigenvalue weighted by Crippen LogP contribution is 2.39. The van der Waals surface area contributed by atoms with Gasteiger partial charge in [0.15, 0.2) is 0 Å². The average molecular weight is 544 g/mol. The Kier molecular flexibility index (Phi) is 9.40. The third-order valence-electron chi connectivity index (χ3n) is 8.43. The third kappa shape index (κ3) is 7.86. The van der Waals surface area contributed by atoms with Crippen LogP contribution >= 0.6 is 0 Å². The summed E-state index contributed by atoms with van der Waals surface area (Å²) in [6, 6.07) is 24.9. The number of nitrogens with zero attached hydrogens (tertiary/aromatic N) is 1. The van der Waals surface area contributed by atoms with E-state index in [4.69, 9.17) is 19.3 Å². The van der Waals surface area contributed by atoms with Crippen LogP contribution in [0.15, 0.2) is 72.8 Å². The number of benzene rings is 3. The minimum atomic E-state index is -0.777. The molecular formula is C34H41NO5. The molecule has 1 N–H and O–H groups in total. The lowest BCUT2D eigenvalue weighted by Gasteiger charge is -2.46. The van der Waals surface area contributed by atoms with Crippen LogP contribution in [0, 0.1) is 5.92 Å². The first kappa shape index (κ1) is 28.2. The number of carbonyl (C=O) groups is 1. The monoisotopic (exact) mass is 543 g/mol. The lowest BCUT2D eigenvalue weighted by Crippen LogP contribution is -2.49. The van der Waals surface area contributed by atoms with E-state index >= 15 is 0 Å². The van der Waals surface area contributed by atoms with Gasteiger partial charge in [-0.1, -0.05) is 48.5 Å². The van der Waals surface area contributed by atoms with Gasteiger partial charge < -0.3 is 19.3 Å². The van der Waals surface area contributed by atoms with Crippen molar-refractivity contribution in [3.05, 3.63) is 95.1 Å². The van der Waals surface area contributed by atoms with Gasteiger partial charge in [0, 0.05) is 32.7 Å². The van der Waals surface area contributed by atoms with Gasteiger partial charge in [0.2, 0.25) is 0 Å². The molecule has 2 aliphatic rings. The van der Waals surface area contributed by atoms with Gasteiger partial charge >= 0.3 is 5.97 Å². The van der Waals surface area contributed by atoms with Crippen molar-refractivity contribution in [1.82, 2.24) is 4.90 Å². The molecule has 0 aliphatic carbocycles. The first-order valence-corrected chi connectivity index (χ1v) is 14.5. The van der Waals surface area contributed by atoms with Crippen LogP contribution in [0.5, 0.6) is 11.5 Å². The second kappa shape index (κ2) is 13.3. The number of carboxylic acid groups (broad SMARTS) is 1. The van der Waals surface area contributed by atoms with Crippen LogP contribution < -0.4 is 9.47 Å². The van der Waals surface area contributed by atoms with Gasteiger partial charge in [0.05, 0.1) is 12.7 Å². The van der Waals surface area contributed by atoms with Crippen molar-refractivity contribution in [2.45, 2.75) is 63.7 Å². The van der Waals surface area contributed by atoms with E-state index < -0.39 is 5.97 Å². The highest BCUT2D eigenvalue weighted by Gasteiger charge is 2.40. The van der Waals surface area contributed by atoms with Gasteiger partial charge in [-0.2, -0.15) is 0 Å². The maximum Gasteiger partial charge on any atom is 0.303 e. The van der Waals surface area contributed by atoms with Crippen LogP contribution in [-0.2, 0) is 35.5 Å². The second-order valence-corrected chi connectivity index (χ2v) is 11.4. The molecule has 1 unspecified atom stereocenters. The molecule has 0 saturated carbocycles. The summed E-state index contributed by atoms with van der Waals surface area (Å²) in [6.45, 7) is 4.49. The number of aryl methyl sites for hydroxylation is 1. The molecule has 3 aromatic carbocycles. The number of likely N-dealkylation sites (tertiary alicyclic amines) is 1. The Morgan fingerprint density at radius 3 is 2.20 bits per heavy atom. The molecule has 6 heteroatoms. The third-order valence-corrected chi connectivity index (χ3v) is 8.43. The summed E-state index contributed by atoms with van der Waals surface area (Å²) in [5.41, 5.74) is 4.90. The van der Waals surface area contributed by atoms with Crippen LogP contribution in [-0.4, -0.2) is 48.4 Å². The molecule has 2 saturated heterocycles. The quantitative estimate of drug-likeness (QED) is 0.306. The number of piperidine rings is 1. The maximum atomic E-state index is 10.7. The van der Waals surface area contributed by atoms with Gasteiger partial charge in [-0.15, -0.1) is 0 Å². The number of hydrogen-bond donors (Lipinski definition) is 1. The van der Waals surface area contributed by atoms with Crippen molar-refractivity contribution >= 4 is 5.97 Å². The van der Waals surface area contributed by atoms with Gasteiger partial charge in [0.25, 0.3) is 0 Å². The van der Waals surface area contributed by atoms with Gasteiger partial charge in [-0.25, -0.2) is 0 Å². The molecule has 212 valence electrons. The Bertz CT molecular complexity index is 1210. The Hall–Kier alpha value is -3.35. The lowest BCUT2D eigenvalue weighted by molar-refractivity contribution is -0.136. The molecule has 0 aromatic heterocycles. The van der Waals surface area contributed by atoms with E-state index in [1.165, 1.54) is 11.1 Å². The van der Waals surface area contributed by atoms with Crippen molar-refractivity contribution in [2.75, 3.05) is 26.8 Å². The molecule has 2 fully saturated rings. The van der Waals surface area contributed by atoms with Crippen LogP contribution in [0.1, 0.15) is 54.4 Å². The molecule has 40 heavy (non-hydrogen) atoms. The van der Waals surface area contributed by atoms with Gasteiger partial charge in [0.1, 0.15) is 18.1 Å². The summed E-state index contributed by atoms with van der Waals surface area (Å²) < 4.78 is 17.7. The lowest BCUT2D eigenvalue weighted by atomic mass is 9.77. The Morgan fingerprint density at radius 1 is 0.900 bits per heavy atom. The summed E-state index contributed by atoms with van der Waals surface area (Å²) in [5.74, 6) is 1.61. The zero-order valence-electron chi connectivity index (χ0n) is 23.5. The van der Waals surface area contributed by atoms with E-state index in [0.29, 0.717) is 18.9 Å². The zero-order chi connectivity index (χ0) is 27.8. The molecule has 0 amide bonds. The summed E-state index contributed by atoms with van der Waals surface area (Å²) in [6.07, 6.45) is 6.31. The van der Waals surface area contributed by atoms with E-state index in [1.807, 2.05) is 24.3 Å². The summed E-state index contributed by atoms with van der Waals surface area (Å²) in [7, 11) is 1.71. The molecule has 6 nitrogen and oxygen atoms in total. The van der Waals surface area contributed by atoms with Crippen molar-refractivity contribution in [3.63, 3.8) is 0 Å². The van der Waals surface area contributed by atoms with Gasteiger partial charge in [-0.05, 0) is 91.0 Å². The van der Waals surface area contributed by atoms with E-state index in [0.717, 1.165) is 81.0 Å². The van der Waals surface area contributed by atoms with Crippen LogP contribution in [0.4, 0.5) is 0 Å². The largest absolute Gasteiger partial charge is 0.497 e. The predicted molar refractivity (Wildman–Crippen MR) is 156 cm³/mol. The van der Waals surface area contributed by atoms with Crippen LogP contribution in [0.25, 0.3) is 0 Å². The molecule has 2 heterocycles. The van der Waals surface area contributed by atoms with Crippen molar-refractivity contribution < 1.29 is 24.1 Å². The van der Waals surface area contributed by atoms with Crippen LogP contribution in [0.3, 0.4) is 0 Å². The highest BCUT2D eigenvalue weighted by molar-refractivity contribution is 5.67. The fourth-order valence-electron chi connectivity index (χ4n) is 6.03. The van der Waals surface area contributed by atoms with E-state index in [-0.39, 0.29) is 12.0 Å². The first-order chi connectivity index (χ1) is 19.5. The Labute approximate surface area is 237 Å². The molecule has 1 spiro atoms. The number of methoxy groups -OCH3 is 1. The minimum Gasteiger partial charge on any atom is -0.497 e. The van der Waals surface area contributed by atoms with Crippen LogP contribution in [0.2, 0.25) is 0 Å². The maximum absolute atomic E-state index is 10.7. The molecule has 1 atom stereocenters. The van der Waals surface area contributed by atoms with Crippen molar-refractivity contribution in [2.24, 2.45) is 5.92 Å². The summed E-state index contributed by atoms with van der Waals surface area (Å²) in [5, 5.41) is 8.83. The fraction of sp³-hybridized carbons (Fsp3) is 0.441. The molecule has 0 radical (unpaired) electrons. The Morgan fingerprint density at radius 2 is 1.52 bits per heavy atom. The highest BCUT2D eigenvalue weighted by atomic mass is 16.5. The summed E-state index contributed by atoms with van der Waals surface area (Å²) >= 11 is 0. The zero-order valence-corrected chi connectivity index (χ0v) is 23.5. The van der Waals surface area contributed by atoms with Crippen molar-refractivity contribution in [1.29, 1.82) is 0 Å². The number of ether oxygens (including phenoxy) is 3. The van der Waals surface area contributed by atoms with E-state index in [2.05, 4.69) is 53.4 Å². The fourth-order valence-corrected chi connectivity index (χ4v) is 6.03. The van der Waals surface area contributed by atoms with Gasteiger partial charge in [-0.3, -0.25) is 9.69 Å². The molecule has 5 rings (SSSR count). The average Bonchev–Trinajstić information content (AvgIpc) is 2.98. The smallest absolute Gasteiger partial charge is 0.303 e. The van der Waals surface area contributed by atoms with E-state index in [1.54, 1.807) is 7.11 Å². The number of aliphatic carboxylic acids is 1. The topological polar surface area (TPSA) is 68.2 Å². The SMILES string of the molecule is COc1ccc(CC2CCOC3(CCN(Cc4ccc(COc5ccc(CCC(=O)O)cc5)cc4)CC3)C2)cc1. The minimum absolute atomic E-state index is 0.0432. The summed E-state index contributed by atoms with van der Waals surface area (Å²) in [4.78, 5) is 13.3. The number of hydrogen-bond acceptors (Lipinski definition) is 5. The second-order valence-electron chi connectivity index (χ2n) is 11.4. The molecule has 0 bridgehead atoms. The molecule has 3 aromatic rings. The predicted octanol–water partition coefficient (Wildman–Crippen LogP) is 6.30. The number of rotatable bonds is 11. The Balaban J connectivity index is 1.05.